The highest BCUT2D eigenvalue weighted by molar-refractivity contribution is 7.22. The van der Waals surface area contributed by atoms with Gasteiger partial charge in [-0.3, -0.25) is 0 Å². The van der Waals surface area contributed by atoms with Crippen molar-refractivity contribution in [3.63, 3.8) is 0 Å². The minimum Gasteiger partial charge on any atom is -0.359 e. The first kappa shape index (κ1) is 11.9. The number of aromatic nitrogens is 1. The van der Waals surface area contributed by atoms with E-state index in [1.54, 1.807) is 11.3 Å². The maximum Gasteiger partial charge on any atom is 0.183 e. The van der Waals surface area contributed by atoms with E-state index in [1.165, 1.54) is 4.70 Å². The smallest absolute Gasteiger partial charge is 0.183 e. The number of para-hydroxylation sites is 1. The summed E-state index contributed by atoms with van der Waals surface area (Å²) in [6.07, 6.45) is 0.0898. The lowest BCUT2D eigenvalue weighted by atomic mass is 10.3. The van der Waals surface area contributed by atoms with Gasteiger partial charge in [0.05, 0.1) is 16.8 Å². The molecule has 4 nitrogen and oxygen atoms in total. The van der Waals surface area contributed by atoms with Crippen LogP contribution in [0.1, 0.15) is 13.8 Å². The van der Waals surface area contributed by atoms with E-state index in [0.29, 0.717) is 6.61 Å². The van der Waals surface area contributed by atoms with Gasteiger partial charge in [0.2, 0.25) is 0 Å². The minimum atomic E-state index is -0.458. The van der Waals surface area contributed by atoms with Crippen LogP contribution in [0.2, 0.25) is 0 Å². The molecule has 0 saturated carbocycles. The molecule has 0 bridgehead atoms. The zero-order valence-electron chi connectivity index (χ0n) is 10.5. The van der Waals surface area contributed by atoms with Gasteiger partial charge in [-0.25, -0.2) is 4.98 Å². The maximum absolute atomic E-state index is 5.74. The summed E-state index contributed by atoms with van der Waals surface area (Å²) in [6, 6.07) is 8.13. The standard InChI is InChI=1S/C13H16N2O2S/c1-13(2)16-8-9(17-13)7-14-12-15-10-5-3-4-6-11(10)18-12/h3-6,9H,7-8H2,1-2H3,(H,14,15)/t9-/m0/s1. The highest BCUT2D eigenvalue weighted by Crippen LogP contribution is 2.26. The number of nitrogens with zero attached hydrogens (tertiary/aromatic N) is 1. The number of benzene rings is 1. The molecule has 5 heteroatoms. The Labute approximate surface area is 110 Å². The van der Waals surface area contributed by atoms with Gasteiger partial charge in [0, 0.05) is 6.54 Å². The van der Waals surface area contributed by atoms with E-state index in [4.69, 9.17) is 9.47 Å². The molecule has 96 valence electrons. The number of anilines is 1. The minimum absolute atomic E-state index is 0.0898. The monoisotopic (exact) mass is 264 g/mol. The predicted molar refractivity (Wildman–Crippen MR) is 73.0 cm³/mol. The number of hydrogen-bond acceptors (Lipinski definition) is 5. The molecule has 18 heavy (non-hydrogen) atoms. The molecule has 1 fully saturated rings. The van der Waals surface area contributed by atoms with Gasteiger partial charge < -0.3 is 14.8 Å². The van der Waals surface area contributed by atoms with E-state index in [-0.39, 0.29) is 6.10 Å². The summed E-state index contributed by atoms with van der Waals surface area (Å²) in [6.45, 7) is 5.23. The van der Waals surface area contributed by atoms with Gasteiger partial charge in [-0.05, 0) is 26.0 Å². The van der Waals surface area contributed by atoms with E-state index in [0.717, 1.165) is 17.2 Å². The van der Waals surface area contributed by atoms with Crippen LogP contribution in [0, 0.1) is 0 Å². The zero-order valence-corrected chi connectivity index (χ0v) is 11.3. The van der Waals surface area contributed by atoms with Crippen LogP contribution in [-0.4, -0.2) is 30.0 Å². The Morgan fingerprint density at radius 3 is 3.00 bits per heavy atom. The Kier molecular flexibility index (Phi) is 2.97. The first-order valence-electron chi connectivity index (χ1n) is 6.04. The van der Waals surface area contributed by atoms with Crippen LogP contribution in [0.4, 0.5) is 5.13 Å². The first-order valence-corrected chi connectivity index (χ1v) is 6.85. The molecule has 0 spiro atoms. The average molecular weight is 264 g/mol. The van der Waals surface area contributed by atoms with Crippen molar-refractivity contribution < 1.29 is 9.47 Å². The van der Waals surface area contributed by atoms with Crippen molar-refractivity contribution >= 4 is 26.7 Å². The van der Waals surface area contributed by atoms with Crippen LogP contribution in [0.15, 0.2) is 24.3 Å². The summed E-state index contributed by atoms with van der Waals surface area (Å²) >= 11 is 1.66. The Morgan fingerprint density at radius 1 is 1.44 bits per heavy atom. The molecular formula is C13H16N2O2S. The fraction of sp³-hybridized carbons (Fsp3) is 0.462. The zero-order chi connectivity index (χ0) is 12.6. The number of nitrogens with one attached hydrogen (secondary N) is 1. The molecule has 0 radical (unpaired) electrons. The molecule has 1 aliphatic heterocycles. The molecule has 0 unspecified atom stereocenters. The van der Waals surface area contributed by atoms with Crippen LogP contribution in [0.25, 0.3) is 10.2 Å². The van der Waals surface area contributed by atoms with Crippen molar-refractivity contribution in [1.82, 2.24) is 4.98 Å². The van der Waals surface area contributed by atoms with Crippen LogP contribution in [-0.2, 0) is 9.47 Å². The largest absolute Gasteiger partial charge is 0.359 e. The third kappa shape index (κ3) is 2.48. The number of fused-ring (bicyclic) bond motifs is 1. The fourth-order valence-corrected chi connectivity index (χ4v) is 2.89. The van der Waals surface area contributed by atoms with Crippen molar-refractivity contribution in [3.8, 4) is 0 Å². The summed E-state index contributed by atoms with van der Waals surface area (Å²) in [5.41, 5.74) is 1.04. The topological polar surface area (TPSA) is 43.4 Å². The SMILES string of the molecule is CC1(C)OC[C@H](CNc2nc3ccccc3s2)O1. The van der Waals surface area contributed by atoms with Gasteiger partial charge in [-0.15, -0.1) is 0 Å². The number of ether oxygens (including phenoxy) is 2. The van der Waals surface area contributed by atoms with Crippen molar-refractivity contribution in [1.29, 1.82) is 0 Å². The average Bonchev–Trinajstić information content (AvgIpc) is 2.89. The van der Waals surface area contributed by atoms with Crippen molar-refractivity contribution in [2.45, 2.75) is 25.7 Å². The second-order valence-electron chi connectivity index (χ2n) is 4.82. The van der Waals surface area contributed by atoms with E-state index in [1.807, 2.05) is 32.0 Å². The van der Waals surface area contributed by atoms with E-state index < -0.39 is 5.79 Å². The summed E-state index contributed by atoms with van der Waals surface area (Å²) in [5.74, 6) is -0.458. The molecule has 1 aromatic carbocycles. The highest BCUT2D eigenvalue weighted by Gasteiger charge is 2.32. The fourth-order valence-electron chi connectivity index (χ4n) is 2.01. The molecular weight excluding hydrogens is 248 g/mol. The van der Waals surface area contributed by atoms with E-state index >= 15 is 0 Å². The van der Waals surface area contributed by atoms with Crippen LogP contribution >= 0.6 is 11.3 Å². The van der Waals surface area contributed by atoms with E-state index in [9.17, 15) is 0 Å². The van der Waals surface area contributed by atoms with Gasteiger partial charge in [0.25, 0.3) is 0 Å². The maximum atomic E-state index is 5.74. The van der Waals surface area contributed by atoms with E-state index in [2.05, 4.69) is 16.4 Å². The molecule has 1 saturated heterocycles. The van der Waals surface area contributed by atoms with Crippen LogP contribution in [0.5, 0.6) is 0 Å². The van der Waals surface area contributed by atoms with Gasteiger partial charge in [-0.1, -0.05) is 23.5 Å². The second-order valence-corrected chi connectivity index (χ2v) is 5.85. The van der Waals surface area contributed by atoms with Crippen molar-refractivity contribution in [3.05, 3.63) is 24.3 Å². The number of rotatable bonds is 3. The third-order valence-electron chi connectivity index (χ3n) is 2.84. The predicted octanol–water partition coefficient (Wildman–Crippen LogP) is 2.86. The Morgan fingerprint density at radius 2 is 2.28 bits per heavy atom. The number of hydrogen-bond donors (Lipinski definition) is 1. The molecule has 0 aliphatic carbocycles. The highest BCUT2D eigenvalue weighted by atomic mass is 32.1. The summed E-state index contributed by atoms with van der Waals surface area (Å²) in [5, 5.41) is 4.25. The van der Waals surface area contributed by atoms with Crippen LogP contribution in [0.3, 0.4) is 0 Å². The second kappa shape index (κ2) is 4.50. The lowest BCUT2D eigenvalue weighted by Gasteiger charge is -2.17. The molecule has 1 N–H and O–H groups in total. The Bertz CT molecular complexity index is 520. The summed E-state index contributed by atoms with van der Waals surface area (Å²) in [4.78, 5) is 4.52. The molecule has 1 aromatic heterocycles. The summed E-state index contributed by atoms with van der Waals surface area (Å²) < 4.78 is 12.5. The normalized spacial score (nSPS) is 22.4. The molecule has 3 rings (SSSR count). The van der Waals surface area contributed by atoms with Crippen molar-refractivity contribution in [2.75, 3.05) is 18.5 Å². The quantitative estimate of drug-likeness (QED) is 0.925. The number of thiazole rings is 1. The molecule has 0 amide bonds. The van der Waals surface area contributed by atoms with Gasteiger partial charge >= 0.3 is 0 Å². The Hall–Kier alpha value is -1.17. The van der Waals surface area contributed by atoms with Crippen molar-refractivity contribution in [2.24, 2.45) is 0 Å². The lowest BCUT2D eigenvalue weighted by Crippen LogP contribution is -2.25. The first-order chi connectivity index (χ1) is 8.62. The van der Waals surface area contributed by atoms with Gasteiger partial charge in [0.1, 0.15) is 6.10 Å². The Balaban J connectivity index is 1.63. The van der Waals surface area contributed by atoms with Crippen LogP contribution < -0.4 is 5.32 Å². The van der Waals surface area contributed by atoms with Gasteiger partial charge in [0.15, 0.2) is 10.9 Å². The molecule has 1 atom stereocenters. The molecule has 1 aliphatic rings. The molecule has 2 heterocycles. The lowest BCUT2D eigenvalue weighted by molar-refractivity contribution is -0.136. The molecule has 2 aromatic rings. The third-order valence-corrected chi connectivity index (χ3v) is 3.84. The summed E-state index contributed by atoms with van der Waals surface area (Å²) in [7, 11) is 0. The van der Waals surface area contributed by atoms with Gasteiger partial charge in [-0.2, -0.15) is 0 Å².